The fraction of sp³-hybridized carbons (Fsp3) is 0.875. The zero-order valence-electron chi connectivity index (χ0n) is 13.1. The average molecular weight is 285 g/mol. The summed E-state index contributed by atoms with van der Waals surface area (Å²) < 4.78 is 0. The van der Waals surface area contributed by atoms with Crippen molar-refractivity contribution in [2.75, 3.05) is 0 Å². The van der Waals surface area contributed by atoms with Gasteiger partial charge in [0.05, 0.1) is 5.41 Å². The predicted molar refractivity (Wildman–Crippen MR) is 81.4 cm³/mol. The van der Waals surface area contributed by atoms with Crippen molar-refractivity contribution in [2.24, 2.45) is 11.1 Å². The summed E-state index contributed by atoms with van der Waals surface area (Å²) in [6, 6.07) is 0. The summed E-state index contributed by atoms with van der Waals surface area (Å²) in [5, 5.41) is 9.58. The normalized spacial score (nSPS) is 11.5. The van der Waals surface area contributed by atoms with E-state index in [2.05, 4.69) is 13.8 Å². The van der Waals surface area contributed by atoms with E-state index in [9.17, 15) is 14.7 Å². The van der Waals surface area contributed by atoms with Gasteiger partial charge in [-0.15, -0.1) is 0 Å². The molecule has 0 aromatic carbocycles. The number of aliphatic carboxylic acids is 1. The maximum atomic E-state index is 11.7. The number of carbonyl (C=O) groups excluding carboxylic acids is 1. The second kappa shape index (κ2) is 10.7. The SMILES string of the molecule is CCCCCCC(CCCCCC)(CC(N)=O)C(=O)O. The van der Waals surface area contributed by atoms with E-state index in [1.54, 1.807) is 0 Å². The van der Waals surface area contributed by atoms with Crippen molar-refractivity contribution in [2.45, 2.75) is 84.5 Å². The number of unbranched alkanes of at least 4 members (excludes halogenated alkanes) is 6. The van der Waals surface area contributed by atoms with Crippen LogP contribution in [0.1, 0.15) is 84.5 Å². The molecule has 0 fully saturated rings. The molecular formula is C16H31NO3. The monoisotopic (exact) mass is 285 g/mol. The Balaban J connectivity index is 4.58. The summed E-state index contributed by atoms with van der Waals surface area (Å²) in [6.45, 7) is 4.25. The molecule has 0 spiro atoms. The third-order valence-corrected chi connectivity index (χ3v) is 3.98. The third kappa shape index (κ3) is 7.51. The Hall–Kier alpha value is -1.06. The molecule has 0 heterocycles. The van der Waals surface area contributed by atoms with E-state index in [-0.39, 0.29) is 6.42 Å². The van der Waals surface area contributed by atoms with Crippen molar-refractivity contribution >= 4 is 11.9 Å². The van der Waals surface area contributed by atoms with Crippen molar-refractivity contribution in [1.29, 1.82) is 0 Å². The Labute approximate surface area is 123 Å². The van der Waals surface area contributed by atoms with Crippen LogP contribution < -0.4 is 5.73 Å². The van der Waals surface area contributed by atoms with E-state index in [0.29, 0.717) is 12.8 Å². The van der Waals surface area contributed by atoms with Crippen LogP contribution in [0.2, 0.25) is 0 Å². The highest BCUT2D eigenvalue weighted by Gasteiger charge is 2.38. The Morgan fingerprint density at radius 1 is 0.900 bits per heavy atom. The molecule has 0 unspecified atom stereocenters. The molecule has 1 amide bonds. The molecule has 0 saturated carbocycles. The van der Waals surface area contributed by atoms with Gasteiger partial charge >= 0.3 is 5.97 Å². The predicted octanol–water partition coefficient (Wildman–Crippen LogP) is 3.87. The van der Waals surface area contributed by atoms with Crippen LogP contribution in [0.5, 0.6) is 0 Å². The molecule has 118 valence electrons. The quantitative estimate of drug-likeness (QED) is 0.504. The first-order valence-corrected chi connectivity index (χ1v) is 8.00. The first-order chi connectivity index (χ1) is 9.48. The molecule has 4 nitrogen and oxygen atoms in total. The van der Waals surface area contributed by atoms with Gasteiger partial charge in [-0.2, -0.15) is 0 Å². The van der Waals surface area contributed by atoms with Gasteiger partial charge in [-0.25, -0.2) is 0 Å². The van der Waals surface area contributed by atoms with Crippen LogP contribution in [-0.4, -0.2) is 17.0 Å². The van der Waals surface area contributed by atoms with Crippen LogP contribution in [0.25, 0.3) is 0 Å². The number of primary amides is 1. The van der Waals surface area contributed by atoms with Gasteiger partial charge < -0.3 is 10.8 Å². The Bertz CT molecular complexity index is 277. The molecule has 0 bridgehead atoms. The molecule has 4 heteroatoms. The van der Waals surface area contributed by atoms with Crippen LogP contribution in [0.4, 0.5) is 0 Å². The number of nitrogens with two attached hydrogens (primary N) is 1. The standard InChI is InChI=1S/C16H31NO3/c1-3-5-7-9-11-16(15(19)20,13-14(17)18)12-10-8-6-4-2/h3-13H2,1-2H3,(H2,17,18)(H,19,20). The number of carboxylic acid groups (broad SMARTS) is 1. The van der Waals surface area contributed by atoms with Gasteiger partial charge in [0.25, 0.3) is 0 Å². The second-order valence-electron chi connectivity index (χ2n) is 5.85. The average Bonchev–Trinajstić information content (AvgIpc) is 2.38. The van der Waals surface area contributed by atoms with Crippen molar-refractivity contribution < 1.29 is 14.7 Å². The highest BCUT2D eigenvalue weighted by molar-refractivity contribution is 5.84. The smallest absolute Gasteiger partial charge is 0.310 e. The van der Waals surface area contributed by atoms with E-state index in [1.165, 1.54) is 0 Å². The van der Waals surface area contributed by atoms with E-state index < -0.39 is 17.3 Å². The zero-order chi connectivity index (χ0) is 15.4. The molecule has 0 radical (unpaired) electrons. The molecule has 0 aliphatic carbocycles. The fourth-order valence-corrected chi connectivity index (χ4v) is 2.71. The molecule has 0 aromatic heterocycles. The largest absolute Gasteiger partial charge is 0.481 e. The van der Waals surface area contributed by atoms with Gasteiger partial charge in [-0.1, -0.05) is 65.2 Å². The van der Waals surface area contributed by atoms with Crippen molar-refractivity contribution in [3.63, 3.8) is 0 Å². The number of carboxylic acids is 1. The van der Waals surface area contributed by atoms with Gasteiger partial charge in [0.1, 0.15) is 0 Å². The molecule has 0 rings (SSSR count). The second-order valence-corrected chi connectivity index (χ2v) is 5.85. The minimum Gasteiger partial charge on any atom is -0.481 e. The molecule has 0 atom stereocenters. The van der Waals surface area contributed by atoms with Crippen LogP contribution >= 0.6 is 0 Å². The summed E-state index contributed by atoms with van der Waals surface area (Å²) >= 11 is 0. The van der Waals surface area contributed by atoms with Crippen LogP contribution in [0.15, 0.2) is 0 Å². The highest BCUT2D eigenvalue weighted by Crippen LogP contribution is 2.35. The van der Waals surface area contributed by atoms with Gasteiger partial charge in [0.15, 0.2) is 0 Å². The lowest BCUT2D eigenvalue weighted by molar-refractivity contribution is -0.152. The number of amides is 1. The van der Waals surface area contributed by atoms with Crippen molar-refractivity contribution in [3.05, 3.63) is 0 Å². The minimum absolute atomic E-state index is 0.0272. The first kappa shape index (κ1) is 18.9. The van der Waals surface area contributed by atoms with Crippen molar-refractivity contribution in [1.82, 2.24) is 0 Å². The van der Waals surface area contributed by atoms with Crippen LogP contribution in [-0.2, 0) is 9.59 Å². The molecule has 0 aliphatic heterocycles. The van der Waals surface area contributed by atoms with E-state index in [0.717, 1.165) is 51.4 Å². The molecule has 3 N–H and O–H groups in total. The van der Waals surface area contributed by atoms with Gasteiger partial charge in [0.2, 0.25) is 5.91 Å². The number of carbonyl (C=O) groups is 2. The summed E-state index contributed by atoms with van der Waals surface area (Å²) in [5.41, 5.74) is 4.34. The van der Waals surface area contributed by atoms with Gasteiger partial charge in [-0.05, 0) is 12.8 Å². The summed E-state index contributed by atoms with van der Waals surface area (Å²) in [5.74, 6) is -1.36. The minimum atomic E-state index is -0.937. The number of hydrogen-bond donors (Lipinski definition) is 2. The van der Waals surface area contributed by atoms with E-state index >= 15 is 0 Å². The Morgan fingerprint density at radius 3 is 1.65 bits per heavy atom. The topological polar surface area (TPSA) is 80.4 Å². The maximum absolute atomic E-state index is 11.7. The van der Waals surface area contributed by atoms with E-state index in [1.807, 2.05) is 0 Å². The zero-order valence-corrected chi connectivity index (χ0v) is 13.1. The number of rotatable bonds is 13. The summed E-state index contributed by atoms with van der Waals surface area (Å²) in [6.07, 6.45) is 9.35. The lowest BCUT2D eigenvalue weighted by Gasteiger charge is -2.28. The molecular weight excluding hydrogens is 254 g/mol. The summed E-state index contributed by atoms with van der Waals surface area (Å²) in [7, 11) is 0. The van der Waals surface area contributed by atoms with Crippen LogP contribution in [0.3, 0.4) is 0 Å². The number of hydrogen-bond acceptors (Lipinski definition) is 2. The molecule has 20 heavy (non-hydrogen) atoms. The van der Waals surface area contributed by atoms with Gasteiger partial charge in [-0.3, -0.25) is 9.59 Å². The molecule has 0 aromatic rings. The maximum Gasteiger partial charge on any atom is 0.310 e. The van der Waals surface area contributed by atoms with E-state index in [4.69, 9.17) is 5.73 Å². The molecule has 0 saturated heterocycles. The lowest BCUT2D eigenvalue weighted by Crippen LogP contribution is -2.36. The first-order valence-electron chi connectivity index (χ1n) is 8.00. The Morgan fingerprint density at radius 2 is 1.35 bits per heavy atom. The van der Waals surface area contributed by atoms with Gasteiger partial charge in [0, 0.05) is 6.42 Å². The third-order valence-electron chi connectivity index (χ3n) is 3.98. The lowest BCUT2D eigenvalue weighted by atomic mass is 9.75. The molecule has 0 aliphatic rings. The summed E-state index contributed by atoms with van der Waals surface area (Å²) in [4.78, 5) is 22.9. The fourth-order valence-electron chi connectivity index (χ4n) is 2.71. The highest BCUT2D eigenvalue weighted by atomic mass is 16.4. The Kier molecular flexibility index (Phi) is 10.1. The van der Waals surface area contributed by atoms with Crippen LogP contribution in [0, 0.1) is 5.41 Å². The van der Waals surface area contributed by atoms with Crippen molar-refractivity contribution in [3.8, 4) is 0 Å².